The Bertz CT molecular complexity index is 734. The van der Waals surface area contributed by atoms with Crippen LogP contribution >= 0.6 is 0 Å². The van der Waals surface area contributed by atoms with Crippen LogP contribution in [0.3, 0.4) is 0 Å². The number of carbonyl (C=O) groups is 1. The molecule has 1 fully saturated rings. The third-order valence-corrected chi connectivity index (χ3v) is 4.91. The van der Waals surface area contributed by atoms with Gasteiger partial charge in [-0.25, -0.2) is 0 Å². The molecule has 2 aromatic rings. The van der Waals surface area contributed by atoms with Crippen molar-refractivity contribution in [1.82, 2.24) is 0 Å². The molecule has 2 aromatic carbocycles. The van der Waals surface area contributed by atoms with Gasteiger partial charge in [0.05, 0.1) is 19.7 Å². The van der Waals surface area contributed by atoms with E-state index in [9.17, 15) is 4.79 Å². The highest BCUT2D eigenvalue weighted by atomic mass is 16.5. The Morgan fingerprint density at radius 2 is 1.81 bits per heavy atom. The Hall–Kier alpha value is -2.33. The molecule has 1 saturated heterocycles. The molecule has 144 valence electrons. The first-order valence-corrected chi connectivity index (χ1v) is 10.1. The lowest BCUT2D eigenvalue weighted by Gasteiger charge is -2.23. The van der Waals surface area contributed by atoms with Crippen LogP contribution in [0.15, 0.2) is 48.5 Å². The van der Waals surface area contributed by atoms with E-state index in [-0.39, 0.29) is 5.91 Å². The molecule has 4 heteroatoms. The second kappa shape index (κ2) is 9.56. The normalized spacial score (nSPS) is 14.9. The van der Waals surface area contributed by atoms with Crippen molar-refractivity contribution in [3.05, 3.63) is 59.7 Å². The average Bonchev–Trinajstić information content (AvgIpc) is 2.69. The second-order valence-electron chi connectivity index (χ2n) is 7.87. The van der Waals surface area contributed by atoms with Gasteiger partial charge in [0.1, 0.15) is 12.3 Å². The molecule has 4 nitrogen and oxygen atoms in total. The van der Waals surface area contributed by atoms with Crippen LogP contribution in [0.25, 0.3) is 0 Å². The molecule has 1 aliphatic heterocycles. The van der Waals surface area contributed by atoms with Crippen LogP contribution in [-0.4, -0.2) is 25.6 Å². The highest BCUT2D eigenvalue weighted by Crippen LogP contribution is 2.16. The molecular formula is C23H31N2O2+. The molecular weight excluding hydrogens is 336 g/mol. The molecule has 1 amide bonds. The number of quaternary nitrogens is 1. The molecule has 0 aliphatic carbocycles. The van der Waals surface area contributed by atoms with E-state index in [0.717, 1.165) is 18.0 Å². The lowest BCUT2D eigenvalue weighted by Crippen LogP contribution is -3.11. The number of hydrogen-bond acceptors (Lipinski definition) is 2. The third-order valence-electron chi connectivity index (χ3n) is 4.91. The first-order valence-electron chi connectivity index (χ1n) is 10.1. The van der Waals surface area contributed by atoms with E-state index >= 15 is 0 Å². The summed E-state index contributed by atoms with van der Waals surface area (Å²) < 4.78 is 5.71. The largest absolute Gasteiger partial charge is 0.493 e. The summed E-state index contributed by atoms with van der Waals surface area (Å²) >= 11 is 0. The molecule has 0 bridgehead atoms. The predicted molar refractivity (Wildman–Crippen MR) is 109 cm³/mol. The number of carbonyl (C=O) groups excluding carboxylic acids is 1. The minimum absolute atomic E-state index is 0.112. The van der Waals surface area contributed by atoms with E-state index in [1.807, 2.05) is 30.3 Å². The van der Waals surface area contributed by atoms with Crippen LogP contribution in [0.5, 0.6) is 5.75 Å². The standard InChI is InChI=1S/C23H30N2O2/c1-18(2)17-27-22-8-6-7-20(15-22)23(26)24-21-11-9-19(10-12-21)16-25-13-4-3-5-14-25/h6-12,15,18H,3-5,13-14,16-17H2,1-2H3,(H,24,26)/p+1. The zero-order valence-electron chi connectivity index (χ0n) is 16.5. The lowest BCUT2D eigenvalue weighted by atomic mass is 10.1. The molecule has 0 spiro atoms. The summed E-state index contributed by atoms with van der Waals surface area (Å²) in [5.74, 6) is 1.07. The monoisotopic (exact) mass is 367 g/mol. The minimum Gasteiger partial charge on any atom is -0.493 e. The van der Waals surface area contributed by atoms with Gasteiger partial charge in [-0.3, -0.25) is 4.79 Å². The van der Waals surface area contributed by atoms with Crippen molar-refractivity contribution >= 4 is 11.6 Å². The van der Waals surface area contributed by atoms with Crippen LogP contribution in [-0.2, 0) is 6.54 Å². The number of benzene rings is 2. The van der Waals surface area contributed by atoms with Crippen molar-refractivity contribution in [1.29, 1.82) is 0 Å². The molecule has 1 heterocycles. The Labute approximate surface area is 162 Å². The zero-order valence-corrected chi connectivity index (χ0v) is 16.5. The van der Waals surface area contributed by atoms with Gasteiger partial charge < -0.3 is 15.0 Å². The number of hydrogen-bond donors (Lipinski definition) is 2. The van der Waals surface area contributed by atoms with Gasteiger partial charge in [0.15, 0.2) is 0 Å². The van der Waals surface area contributed by atoms with Crippen molar-refractivity contribution < 1.29 is 14.4 Å². The molecule has 1 aliphatic rings. The Morgan fingerprint density at radius 1 is 1.07 bits per heavy atom. The van der Waals surface area contributed by atoms with Crippen molar-refractivity contribution in [2.24, 2.45) is 5.92 Å². The van der Waals surface area contributed by atoms with Gasteiger partial charge in [-0.15, -0.1) is 0 Å². The highest BCUT2D eigenvalue weighted by Gasteiger charge is 2.14. The molecule has 2 N–H and O–H groups in total. The minimum atomic E-state index is -0.112. The molecule has 0 radical (unpaired) electrons. The third kappa shape index (κ3) is 6.10. The first-order chi connectivity index (χ1) is 13.1. The predicted octanol–water partition coefficient (Wildman–Crippen LogP) is 3.54. The van der Waals surface area contributed by atoms with E-state index < -0.39 is 0 Å². The number of rotatable bonds is 7. The van der Waals surface area contributed by atoms with Crippen LogP contribution in [0, 0.1) is 5.92 Å². The lowest BCUT2D eigenvalue weighted by molar-refractivity contribution is -0.918. The Balaban J connectivity index is 1.56. The molecule has 0 atom stereocenters. The zero-order chi connectivity index (χ0) is 19.1. The van der Waals surface area contributed by atoms with Gasteiger partial charge in [-0.1, -0.05) is 32.0 Å². The number of anilines is 1. The fourth-order valence-electron chi connectivity index (χ4n) is 3.42. The van der Waals surface area contributed by atoms with Gasteiger partial charge >= 0.3 is 0 Å². The van der Waals surface area contributed by atoms with E-state index in [2.05, 4.69) is 31.3 Å². The summed E-state index contributed by atoms with van der Waals surface area (Å²) in [6.07, 6.45) is 4.05. The van der Waals surface area contributed by atoms with E-state index in [1.54, 1.807) is 11.0 Å². The fourth-order valence-corrected chi connectivity index (χ4v) is 3.42. The van der Waals surface area contributed by atoms with E-state index in [1.165, 1.54) is 37.9 Å². The van der Waals surface area contributed by atoms with Crippen LogP contribution in [0.2, 0.25) is 0 Å². The summed E-state index contributed by atoms with van der Waals surface area (Å²) in [6, 6.07) is 15.6. The van der Waals surface area contributed by atoms with Gasteiger partial charge in [0.2, 0.25) is 0 Å². The quantitative estimate of drug-likeness (QED) is 0.786. The summed E-state index contributed by atoms with van der Waals surface area (Å²) in [6.45, 7) is 8.47. The van der Waals surface area contributed by atoms with Crippen LogP contribution < -0.4 is 15.0 Å². The summed E-state index contributed by atoms with van der Waals surface area (Å²) in [4.78, 5) is 14.2. The Kier molecular flexibility index (Phi) is 6.88. The molecule has 0 unspecified atom stereocenters. The van der Waals surface area contributed by atoms with Gasteiger partial charge in [-0.05, 0) is 55.5 Å². The van der Waals surface area contributed by atoms with Gasteiger partial charge in [0, 0.05) is 16.8 Å². The number of nitrogens with one attached hydrogen (secondary N) is 2. The number of amides is 1. The van der Waals surface area contributed by atoms with Crippen molar-refractivity contribution in [2.75, 3.05) is 25.0 Å². The average molecular weight is 368 g/mol. The number of piperidine rings is 1. The molecule has 3 rings (SSSR count). The van der Waals surface area contributed by atoms with Crippen molar-refractivity contribution in [3.63, 3.8) is 0 Å². The van der Waals surface area contributed by atoms with Gasteiger partial charge in [0.25, 0.3) is 5.91 Å². The van der Waals surface area contributed by atoms with E-state index in [4.69, 9.17) is 4.74 Å². The topological polar surface area (TPSA) is 42.8 Å². The highest BCUT2D eigenvalue weighted by molar-refractivity contribution is 6.04. The Morgan fingerprint density at radius 3 is 2.52 bits per heavy atom. The maximum absolute atomic E-state index is 12.5. The van der Waals surface area contributed by atoms with Crippen LogP contribution in [0.4, 0.5) is 5.69 Å². The van der Waals surface area contributed by atoms with Crippen molar-refractivity contribution in [2.45, 2.75) is 39.7 Å². The van der Waals surface area contributed by atoms with Gasteiger partial charge in [-0.2, -0.15) is 0 Å². The maximum Gasteiger partial charge on any atom is 0.255 e. The number of ether oxygens (including phenoxy) is 1. The molecule has 27 heavy (non-hydrogen) atoms. The van der Waals surface area contributed by atoms with Crippen molar-refractivity contribution in [3.8, 4) is 5.75 Å². The SMILES string of the molecule is CC(C)COc1cccc(C(=O)Nc2ccc(C[NH+]3CCCCC3)cc2)c1. The molecule has 0 aromatic heterocycles. The second-order valence-corrected chi connectivity index (χ2v) is 7.87. The molecule has 0 saturated carbocycles. The smallest absolute Gasteiger partial charge is 0.255 e. The maximum atomic E-state index is 12.5. The number of likely N-dealkylation sites (tertiary alicyclic amines) is 1. The first kappa shape index (κ1) is 19.4. The summed E-state index contributed by atoms with van der Waals surface area (Å²) in [5.41, 5.74) is 2.76. The fraction of sp³-hybridized carbons (Fsp3) is 0.435. The summed E-state index contributed by atoms with van der Waals surface area (Å²) in [5, 5.41) is 2.98. The van der Waals surface area contributed by atoms with Crippen LogP contribution in [0.1, 0.15) is 49.0 Å². The van der Waals surface area contributed by atoms with E-state index in [0.29, 0.717) is 18.1 Å². The summed E-state index contributed by atoms with van der Waals surface area (Å²) in [7, 11) is 0.